The van der Waals surface area contributed by atoms with Gasteiger partial charge in [-0.3, -0.25) is 4.79 Å². The number of benzene rings is 1. The Balaban J connectivity index is 1.40. The monoisotopic (exact) mass is 388 g/mol. The molecule has 3 heterocycles. The summed E-state index contributed by atoms with van der Waals surface area (Å²) in [5.41, 5.74) is 1.89. The maximum Gasteiger partial charge on any atom is 0.263 e. The molecule has 1 aliphatic heterocycles. The molecule has 0 fully saturated rings. The van der Waals surface area contributed by atoms with E-state index in [4.69, 9.17) is 21.1 Å². The molecule has 0 bridgehead atoms. The Kier molecular flexibility index (Phi) is 4.86. The van der Waals surface area contributed by atoms with Crippen LogP contribution in [0.15, 0.2) is 48.1 Å². The van der Waals surface area contributed by atoms with Crippen molar-refractivity contribution in [3.63, 3.8) is 0 Å². The highest BCUT2D eigenvalue weighted by molar-refractivity contribution is 7.12. The molecule has 4 rings (SSSR count). The third-order valence-corrected chi connectivity index (χ3v) is 5.27. The summed E-state index contributed by atoms with van der Waals surface area (Å²) in [6, 6.07) is 9.59. The van der Waals surface area contributed by atoms with E-state index in [0.29, 0.717) is 47.6 Å². The number of carbonyl (C=O) groups is 1. The molecular formula is C19H17ClN2O3S. The first-order valence-electron chi connectivity index (χ1n) is 8.29. The van der Waals surface area contributed by atoms with Gasteiger partial charge in [-0.05, 0) is 47.7 Å². The molecule has 0 saturated heterocycles. The quantitative estimate of drug-likeness (QED) is 0.720. The Hall–Kier alpha value is -2.44. The molecule has 3 aromatic rings. The average Bonchev–Trinajstić information content (AvgIpc) is 3.33. The van der Waals surface area contributed by atoms with E-state index in [9.17, 15) is 4.79 Å². The van der Waals surface area contributed by atoms with Crippen LogP contribution >= 0.6 is 22.9 Å². The van der Waals surface area contributed by atoms with E-state index in [-0.39, 0.29) is 5.91 Å². The van der Waals surface area contributed by atoms with Gasteiger partial charge in [0.2, 0.25) is 0 Å². The minimum atomic E-state index is -0.0765. The summed E-state index contributed by atoms with van der Waals surface area (Å²) in [5.74, 6) is 1.19. The number of aromatic nitrogens is 1. The van der Waals surface area contributed by atoms with Gasteiger partial charge in [-0.25, -0.2) is 0 Å². The Morgan fingerprint density at radius 1 is 1.23 bits per heavy atom. The van der Waals surface area contributed by atoms with Crippen LogP contribution in [0.3, 0.4) is 0 Å². The van der Waals surface area contributed by atoms with Gasteiger partial charge in [0, 0.05) is 18.9 Å². The molecule has 1 amide bonds. The lowest BCUT2D eigenvalue weighted by Gasteiger charge is -2.20. The molecular weight excluding hydrogens is 372 g/mol. The van der Waals surface area contributed by atoms with E-state index in [1.165, 1.54) is 11.3 Å². The fraction of sp³-hybridized carbons (Fsp3) is 0.211. The van der Waals surface area contributed by atoms with Crippen LogP contribution in [0, 0.1) is 0 Å². The van der Waals surface area contributed by atoms with Gasteiger partial charge in [-0.15, -0.1) is 11.3 Å². The molecule has 0 saturated carbocycles. The van der Waals surface area contributed by atoms with Crippen molar-refractivity contribution >= 4 is 28.8 Å². The van der Waals surface area contributed by atoms with Gasteiger partial charge in [0.15, 0.2) is 11.5 Å². The van der Waals surface area contributed by atoms with Crippen LogP contribution in [0.5, 0.6) is 11.5 Å². The zero-order valence-electron chi connectivity index (χ0n) is 13.9. The van der Waals surface area contributed by atoms with Crippen molar-refractivity contribution in [2.45, 2.75) is 6.42 Å². The SMILES string of the molecule is O=C(NCCc1cc(Cl)c2c(c1)OCCO2)c1sccc1-n1cccc1. The second kappa shape index (κ2) is 7.43. The number of ether oxygens (including phenoxy) is 2. The smallest absolute Gasteiger partial charge is 0.263 e. The molecule has 2 aromatic heterocycles. The topological polar surface area (TPSA) is 52.5 Å². The van der Waals surface area contributed by atoms with E-state index >= 15 is 0 Å². The summed E-state index contributed by atoms with van der Waals surface area (Å²) < 4.78 is 13.0. The molecule has 0 radical (unpaired) electrons. The highest BCUT2D eigenvalue weighted by Crippen LogP contribution is 2.38. The lowest BCUT2D eigenvalue weighted by atomic mass is 10.1. The number of halogens is 1. The number of carbonyl (C=O) groups excluding carboxylic acids is 1. The van der Waals surface area contributed by atoms with Crippen LogP contribution in [-0.4, -0.2) is 30.2 Å². The van der Waals surface area contributed by atoms with Crippen LogP contribution in [0.4, 0.5) is 0 Å². The molecule has 5 nitrogen and oxygen atoms in total. The van der Waals surface area contributed by atoms with Crippen molar-refractivity contribution in [3.05, 3.63) is 63.6 Å². The van der Waals surface area contributed by atoms with Crippen LogP contribution in [0.25, 0.3) is 5.69 Å². The van der Waals surface area contributed by atoms with Crippen molar-refractivity contribution < 1.29 is 14.3 Å². The number of fused-ring (bicyclic) bond motifs is 1. The molecule has 1 N–H and O–H groups in total. The van der Waals surface area contributed by atoms with Gasteiger partial charge >= 0.3 is 0 Å². The maximum atomic E-state index is 12.5. The summed E-state index contributed by atoms with van der Waals surface area (Å²) in [4.78, 5) is 13.2. The normalized spacial score (nSPS) is 12.8. The fourth-order valence-electron chi connectivity index (χ4n) is 2.88. The van der Waals surface area contributed by atoms with Gasteiger partial charge in [0.25, 0.3) is 5.91 Å². The average molecular weight is 389 g/mol. The molecule has 134 valence electrons. The second-order valence-corrected chi connectivity index (χ2v) is 7.16. The summed E-state index contributed by atoms with van der Waals surface area (Å²) in [7, 11) is 0. The molecule has 0 spiro atoms. The number of nitrogens with one attached hydrogen (secondary N) is 1. The summed E-state index contributed by atoms with van der Waals surface area (Å²) in [6.07, 6.45) is 4.51. The number of rotatable bonds is 5. The van der Waals surface area contributed by atoms with Gasteiger partial charge < -0.3 is 19.4 Å². The Bertz CT molecular complexity index is 921. The van der Waals surface area contributed by atoms with Crippen LogP contribution in [-0.2, 0) is 6.42 Å². The fourth-order valence-corrected chi connectivity index (χ4v) is 3.97. The molecule has 0 aliphatic carbocycles. The summed E-state index contributed by atoms with van der Waals surface area (Å²) in [6.45, 7) is 1.54. The minimum absolute atomic E-state index is 0.0765. The number of hydrogen-bond donors (Lipinski definition) is 1. The maximum absolute atomic E-state index is 12.5. The van der Waals surface area contributed by atoms with E-state index in [0.717, 1.165) is 11.3 Å². The molecule has 7 heteroatoms. The zero-order valence-corrected chi connectivity index (χ0v) is 15.5. The number of hydrogen-bond acceptors (Lipinski definition) is 4. The number of thiophene rings is 1. The van der Waals surface area contributed by atoms with Gasteiger partial charge in [0.1, 0.15) is 18.1 Å². The minimum Gasteiger partial charge on any atom is -0.486 e. The molecule has 1 aliphatic rings. The number of amides is 1. The first-order valence-corrected chi connectivity index (χ1v) is 9.55. The summed E-state index contributed by atoms with van der Waals surface area (Å²) >= 11 is 7.69. The lowest BCUT2D eigenvalue weighted by molar-refractivity contribution is 0.0958. The largest absolute Gasteiger partial charge is 0.486 e. The predicted octanol–water partition coefficient (Wildman–Crippen LogP) is 3.94. The Morgan fingerprint density at radius 3 is 2.88 bits per heavy atom. The second-order valence-electron chi connectivity index (χ2n) is 5.83. The van der Waals surface area contributed by atoms with Crippen molar-refractivity contribution in [2.24, 2.45) is 0 Å². The van der Waals surface area contributed by atoms with E-state index in [1.54, 1.807) is 0 Å². The Morgan fingerprint density at radius 2 is 2.04 bits per heavy atom. The van der Waals surface area contributed by atoms with Crippen LogP contribution in [0.2, 0.25) is 5.02 Å². The first-order chi connectivity index (χ1) is 12.7. The highest BCUT2D eigenvalue weighted by atomic mass is 35.5. The third-order valence-electron chi connectivity index (χ3n) is 4.09. The highest BCUT2D eigenvalue weighted by Gasteiger charge is 2.17. The zero-order chi connectivity index (χ0) is 17.9. The van der Waals surface area contributed by atoms with Crippen molar-refractivity contribution in [1.29, 1.82) is 0 Å². The van der Waals surface area contributed by atoms with Gasteiger partial charge in [-0.2, -0.15) is 0 Å². The first kappa shape index (κ1) is 17.0. The van der Waals surface area contributed by atoms with Crippen molar-refractivity contribution in [3.8, 4) is 17.2 Å². The standard InChI is InChI=1S/C19H17ClN2O3S/c20-14-11-13(12-16-17(14)25-9-8-24-16)3-5-21-19(23)18-15(4-10-26-18)22-6-1-2-7-22/h1-2,4,6-7,10-12H,3,5,8-9H2,(H,21,23). The molecule has 26 heavy (non-hydrogen) atoms. The van der Waals surface area contributed by atoms with Gasteiger partial charge in [-0.1, -0.05) is 11.6 Å². The van der Waals surface area contributed by atoms with Crippen molar-refractivity contribution in [2.75, 3.05) is 19.8 Å². The molecule has 0 atom stereocenters. The van der Waals surface area contributed by atoms with Crippen LogP contribution in [0.1, 0.15) is 15.2 Å². The summed E-state index contributed by atoms with van der Waals surface area (Å²) in [5, 5.41) is 5.44. The predicted molar refractivity (Wildman–Crippen MR) is 102 cm³/mol. The molecule has 1 aromatic carbocycles. The number of nitrogens with zero attached hydrogens (tertiary/aromatic N) is 1. The van der Waals surface area contributed by atoms with E-state index < -0.39 is 0 Å². The van der Waals surface area contributed by atoms with Gasteiger partial charge in [0.05, 0.1) is 10.7 Å². The van der Waals surface area contributed by atoms with Crippen LogP contribution < -0.4 is 14.8 Å². The van der Waals surface area contributed by atoms with E-state index in [2.05, 4.69) is 5.32 Å². The molecule has 0 unspecified atom stereocenters. The Labute approximate surface area is 160 Å². The third kappa shape index (κ3) is 3.43. The van der Waals surface area contributed by atoms with Crippen molar-refractivity contribution in [1.82, 2.24) is 9.88 Å². The van der Waals surface area contributed by atoms with E-state index in [1.807, 2.05) is 52.7 Å². The lowest BCUT2D eigenvalue weighted by Crippen LogP contribution is -2.25.